The number of unbranched alkanes of at least 4 members (excludes halogenated alkanes) is 1. The van der Waals surface area contributed by atoms with Crippen molar-refractivity contribution in [2.45, 2.75) is 38.0 Å². The van der Waals surface area contributed by atoms with Crippen molar-refractivity contribution in [2.24, 2.45) is 12.5 Å². The van der Waals surface area contributed by atoms with E-state index in [1.165, 1.54) is 4.90 Å². The number of aromatic nitrogens is 2. The summed E-state index contributed by atoms with van der Waals surface area (Å²) in [6, 6.07) is 2.33. The molecule has 0 atom stereocenters. The largest absolute Gasteiger partial charge is 0.275 e. The Labute approximate surface area is 102 Å². The normalized spacial score (nSPS) is 11.4. The summed E-state index contributed by atoms with van der Waals surface area (Å²) in [4.78, 5) is 1.22. The van der Waals surface area contributed by atoms with Gasteiger partial charge in [0.1, 0.15) is 0 Å². The number of nitriles is 1. The Morgan fingerprint density at radius 3 is 2.81 bits per heavy atom. The van der Waals surface area contributed by atoms with Crippen LogP contribution in [0.3, 0.4) is 0 Å². The molecule has 0 aliphatic carbocycles. The molecule has 0 aromatic carbocycles. The number of hydrogen-bond acceptors (Lipinski definition) is 3. The van der Waals surface area contributed by atoms with Gasteiger partial charge in [-0.05, 0) is 32.4 Å². The molecule has 0 N–H and O–H groups in total. The molecule has 0 saturated heterocycles. The zero-order valence-electron chi connectivity index (χ0n) is 10.2. The lowest BCUT2D eigenvalue weighted by atomic mass is 9.89. The summed E-state index contributed by atoms with van der Waals surface area (Å²) in [7, 11) is 1.93. The monoisotopic (exact) mass is 237 g/mol. The van der Waals surface area contributed by atoms with Gasteiger partial charge in [-0.1, -0.05) is 6.42 Å². The van der Waals surface area contributed by atoms with E-state index in [9.17, 15) is 0 Å². The molecule has 4 heteroatoms. The van der Waals surface area contributed by atoms with E-state index in [1.54, 1.807) is 0 Å². The van der Waals surface area contributed by atoms with E-state index >= 15 is 0 Å². The van der Waals surface area contributed by atoms with Gasteiger partial charge in [0.05, 0.1) is 17.7 Å². The Morgan fingerprint density at radius 2 is 2.25 bits per heavy atom. The fourth-order valence-electron chi connectivity index (χ4n) is 1.39. The third kappa shape index (κ3) is 4.71. The third-order valence-corrected chi connectivity index (χ3v) is 3.49. The third-order valence-electron chi connectivity index (χ3n) is 2.45. The standard InChI is InChI=1S/C12H19N3S/c1-12(2,10-13)6-4-5-7-16-11-8-14-15(3)9-11/h8-9H,4-7H2,1-3H3. The molecule has 0 aliphatic heterocycles. The van der Waals surface area contributed by atoms with Crippen molar-refractivity contribution in [1.82, 2.24) is 9.78 Å². The van der Waals surface area contributed by atoms with Crippen molar-refractivity contribution < 1.29 is 0 Å². The number of nitrogens with zero attached hydrogens (tertiary/aromatic N) is 3. The first-order chi connectivity index (χ1) is 7.53. The molecule has 1 aromatic rings. The van der Waals surface area contributed by atoms with Crippen LogP contribution in [0.15, 0.2) is 17.3 Å². The maximum atomic E-state index is 8.87. The van der Waals surface area contributed by atoms with Crippen molar-refractivity contribution in [3.63, 3.8) is 0 Å². The highest BCUT2D eigenvalue weighted by Crippen LogP contribution is 2.24. The first kappa shape index (κ1) is 13.1. The van der Waals surface area contributed by atoms with Crippen LogP contribution in [0.4, 0.5) is 0 Å². The van der Waals surface area contributed by atoms with E-state index < -0.39 is 0 Å². The van der Waals surface area contributed by atoms with E-state index in [4.69, 9.17) is 5.26 Å². The van der Waals surface area contributed by atoms with E-state index in [0.29, 0.717) is 0 Å². The average molecular weight is 237 g/mol. The molecule has 0 radical (unpaired) electrons. The average Bonchev–Trinajstić information content (AvgIpc) is 2.64. The summed E-state index contributed by atoms with van der Waals surface area (Å²) in [5.41, 5.74) is -0.168. The summed E-state index contributed by atoms with van der Waals surface area (Å²) >= 11 is 1.83. The van der Waals surface area contributed by atoms with Gasteiger partial charge < -0.3 is 0 Å². The second-order valence-corrected chi connectivity index (χ2v) is 5.82. The lowest BCUT2D eigenvalue weighted by molar-refractivity contribution is 0.433. The van der Waals surface area contributed by atoms with E-state index in [2.05, 4.69) is 11.2 Å². The van der Waals surface area contributed by atoms with E-state index in [-0.39, 0.29) is 5.41 Å². The number of rotatable bonds is 6. The van der Waals surface area contributed by atoms with Crippen LogP contribution in [0.25, 0.3) is 0 Å². The van der Waals surface area contributed by atoms with Gasteiger partial charge in [0.2, 0.25) is 0 Å². The van der Waals surface area contributed by atoms with E-state index in [1.807, 2.05) is 49.7 Å². The van der Waals surface area contributed by atoms with Crippen LogP contribution in [0.1, 0.15) is 33.1 Å². The molecule has 0 aliphatic rings. The summed E-state index contributed by atoms with van der Waals surface area (Å²) in [5, 5.41) is 13.0. The first-order valence-corrected chi connectivity index (χ1v) is 6.55. The molecule has 16 heavy (non-hydrogen) atoms. The fourth-order valence-corrected chi connectivity index (χ4v) is 2.32. The molecule has 1 aromatic heterocycles. The predicted molar refractivity (Wildman–Crippen MR) is 67.2 cm³/mol. The molecule has 0 spiro atoms. The number of thioether (sulfide) groups is 1. The van der Waals surface area contributed by atoms with Crippen molar-refractivity contribution in [1.29, 1.82) is 5.26 Å². The smallest absolute Gasteiger partial charge is 0.0683 e. The predicted octanol–water partition coefficient (Wildman–Crippen LogP) is 3.23. The van der Waals surface area contributed by atoms with Crippen LogP contribution >= 0.6 is 11.8 Å². The van der Waals surface area contributed by atoms with Crippen molar-refractivity contribution in [2.75, 3.05) is 5.75 Å². The Bertz CT molecular complexity index is 363. The first-order valence-electron chi connectivity index (χ1n) is 5.56. The topological polar surface area (TPSA) is 41.6 Å². The van der Waals surface area contributed by atoms with Gasteiger partial charge in [-0.2, -0.15) is 10.4 Å². The second-order valence-electron chi connectivity index (χ2n) is 4.65. The van der Waals surface area contributed by atoms with Crippen LogP contribution in [0, 0.1) is 16.7 Å². The number of aryl methyl sites for hydroxylation is 1. The Kier molecular flexibility index (Phi) is 4.88. The molecule has 88 valence electrons. The molecule has 0 saturated carbocycles. The summed E-state index contributed by atoms with van der Waals surface area (Å²) < 4.78 is 1.82. The minimum Gasteiger partial charge on any atom is -0.275 e. The molecular weight excluding hydrogens is 218 g/mol. The van der Waals surface area contributed by atoms with Crippen LogP contribution in [-0.2, 0) is 7.05 Å². The Hall–Kier alpha value is -0.950. The maximum Gasteiger partial charge on any atom is 0.0683 e. The van der Waals surface area contributed by atoms with Gasteiger partial charge >= 0.3 is 0 Å². The highest BCUT2D eigenvalue weighted by molar-refractivity contribution is 7.99. The Balaban J connectivity index is 2.11. The van der Waals surface area contributed by atoms with Crippen LogP contribution in [0.2, 0.25) is 0 Å². The van der Waals surface area contributed by atoms with Gasteiger partial charge in [-0.15, -0.1) is 11.8 Å². The molecule has 0 unspecified atom stereocenters. The minimum atomic E-state index is -0.168. The maximum absolute atomic E-state index is 8.87. The van der Waals surface area contributed by atoms with Crippen molar-refractivity contribution in [3.8, 4) is 6.07 Å². The zero-order chi connectivity index (χ0) is 12.0. The molecule has 0 fully saturated rings. The number of hydrogen-bond donors (Lipinski definition) is 0. The highest BCUT2D eigenvalue weighted by atomic mass is 32.2. The Morgan fingerprint density at radius 1 is 1.50 bits per heavy atom. The quantitative estimate of drug-likeness (QED) is 0.563. The van der Waals surface area contributed by atoms with Crippen molar-refractivity contribution in [3.05, 3.63) is 12.4 Å². The van der Waals surface area contributed by atoms with Gasteiger partial charge in [0.15, 0.2) is 0 Å². The highest BCUT2D eigenvalue weighted by Gasteiger charge is 2.15. The molecular formula is C12H19N3S. The fraction of sp³-hybridized carbons (Fsp3) is 0.667. The van der Waals surface area contributed by atoms with Crippen LogP contribution in [-0.4, -0.2) is 15.5 Å². The summed E-state index contributed by atoms with van der Waals surface area (Å²) in [5.74, 6) is 1.10. The minimum absolute atomic E-state index is 0.168. The van der Waals surface area contributed by atoms with Gasteiger partial charge in [0.25, 0.3) is 0 Å². The zero-order valence-corrected chi connectivity index (χ0v) is 11.0. The van der Waals surface area contributed by atoms with Gasteiger partial charge in [0, 0.05) is 18.1 Å². The molecule has 3 nitrogen and oxygen atoms in total. The van der Waals surface area contributed by atoms with Crippen LogP contribution < -0.4 is 0 Å². The SMILES string of the molecule is Cn1cc(SCCCCC(C)(C)C#N)cn1. The lowest BCUT2D eigenvalue weighted by Gasteiger charge is -2.13. The van der Waals surface area contributed by atoms with Gasteiger partial charge in [-0.3, -0.25) is 4.68 Å². The summed E-state index contributed by atoms with van der Waals surface area (Å²) in [6.07, 6.45) is 7.18. The molecule has 1 heterocycles. The van der Waals surface area contributed by atoms with Crippen LogP contribution in [0.5, 0.6) is 0 Å². The molecule has 0 bridgehead atoms. The summed E-state index contributed by atoms with van der Waals surface area (Å²) in [6.45, 7) is 4.00. The molecule has 0 amide bonds. The van der Waals surface area contributed by atoms with E-state index in [0.717, 1.165) is 25.0 Å². The second kappa shape index (κ2) is 5.95. The van der Waals surface area contributed by atoms with Gasteiger partial charge in [-0.25, -0.2) is 0 Å². The van der Waals surface area contributed by atoms with Crippen molar-refractivity contribution >= 4 is 11.8 Å². The molecule has 1 rings (SSSR count). The lowest BCUT2D eigenvalue weighted by Crippen LogP contribution is -2.07.